The first-order valence-corrected chi connectivity index (χ1v) is 15.6. The lowest BCUT2D eigenvalue weighted by Gasteiger charge is -2.36. The molecule has 1 saturated carbocycles. The molecule has 3 amide bonds. The second-order valence-electron chi connectivity index (χ2n) is 10.9. The third-order valence-electron chi connectivity index (χ3n) is 7.12. The molecule has 222 valence electrons. The number of carbonyl (C=O) groups excluding carboxylic acids is 5. The number of Topliss-reactive ketones (excluding diaryl/α,β-unsaturated/α-hetero) is 2. The Morgan fingerprint density at radius 1 is 0.975 bits per heavy atom. The van der Waals surface area contributed by atoms with Gasteiger partial charge in [0.05, 0.1) is 19.2 Å². The SMILES string of the molecule is CCC(=O)CC1CCC1CC(=O)C(Cc1ccccc1)NC(=O)CNC(=O)C(CCSC)NC(=O)OCC(C)C. The molecule has 4 unspecified atom stereocenters. The molecule has 9 nitrogen and oxygen atoms in total. The van der Waals surface area contributed by atoms with E-state index in [1.807, 2.05) is 57.4 Å². The average Bonchev–Trinajstić information content (AvgIpc) is 2.93. The largest absolute Gasteiger partial charge is 0.449 e. The minimum atomic E-state index is -0.844. The summed E-state index contributed by atoms with van der Waals surface area (Å²) in [7, 11) is 0. The second-order valence-corrected chi connectivity index (χ2v) is 11.8. The van der Waals surface area contributed by atoms with E-state index in [0.717, 1.165) is 18.4 Å². The highest BCUT2D eigenvalue weighted by molar-refractivity contribution is 7.98. The van der Waals surface area contributed by atoms with Gasteiger partial charge < -0.3 is 20.7 Å². The van der Waals surface area contributed by atoms with E-state index in [2.05, 4.69) is 16.0 Å². The van der Waals surface area contributed by atoms with Crippen LogP contribution in [0.15, 0.2) is 30.3 Å². The predicted octanol–water partition coefficient (Wildman–Crippen LogP) is 3.69. The van der Waals surface area contributed by atoms with Gasteiger partial charge in [0.1, 0.15) is 11.8 Å². The van der Waals surface area contributed by atoms with Crippen LogP contribution in [0, 0.1) is 17.8 Å². The smallest absolute Gasteiger partial charge is 0.407 e. The molecule has 10 heteroatoms. The summed E-state index contributed by atoms with van der Waals surface area (Å²) in [5, 5.41) is 7.98. The Labute approximate surface area is 242 Å². The molecule has 0 radical (unpaired) electrons. The number of rotatable bonds is 18. The summed E-state index contributed by atoms with van der Waals surface area (Å²) in [5.41, 5.74) is 0.915. The number of thioether (sulfide) groups is 1. The Morgan fingerprint density at radius 2 is 1.65 bits per heavy atom. The van der Waals surface area contributed by atoms with Crippen LogP contribution < -0.4 is 16.0 Å². The minimum absolute atomic E-state index is 0.0745. The van der Waals surface area contributed by atoms with Crippen molar-refractivity contribution in [3.05, 3.63) is 35.9 Å². The molecule has 0 saturated heterocycles. The van der Waals surface area contributed by atoms with Crippen LogP contribution in [0.2, 0.25) is 0 Å². The highest BCUT2D eigenvalue weighted by Gasteiger charge is 2.35. The third kappa shape index (κ3) is 12.1. The average molecular weight is 576 g/mol. The van der Waals surface area contributed by atoms with Gasteiger partial charge in [0.15, 0.2) is 5.78 Å². The maximum atomic E-state index is 13.3. The topological polar surface area (TPSA) is 131 Å². The van der Waals surface area contributed by atoms with Gasteiger partial charge in [-0.2, -0.15) is 11.8 Å². The summed E-state index contributed by atoms with van der Waals surface area (Å²) in [6.07, 6.45) is 5.11. The van der Waals surface area contributed by atoms with Gasteiger partial charge in [-0.1, -0.05) is 51.1 Å². The Kier molecular flexibility index (Phi) is 14.8. The number of amides is 3. The lowest BCUT2D eigenvalue weighted by molar-refractivity contribution is -0.130. The summed E-state index contributed by atoms with van der Waals surface area (Å²) >= 11 is 1.54. The zero-order valence-corrected chi connectivity index (χ0v) is 25.0. The Balaban J connectivity index is 1.97. The molecule has 0 heterocycles. The van der Waals surface area contributed by atoms with Crippen molar-refractivity contribution >= 4 is 41.2 Å². The maximum Gasteiger partial charge on any atom is 0.407 e. The fourth-order valence-electron chi connectivity index (χ4n) is 4.57. The number of nitrogens with one attached hydrogen (secondary N) is 3. The van der Waals surface area contributed by atoms with E-state index in [4.69, 9.17) is 4.74 Å². The number of hydrogen-bond donors (Lipinski definition) is 3. The van der Waals surface area contributed by atoms with Crippen LogP contribution in [0.1, 0.15) is 64.9 Å². The van der Waals surface area contributed by atoms with Crippen LogP contribution in [0.25, 0.3) is 0 Å². The molecule has 1 fully saturated rings. The Hall–Kier alpha value is -2.88. The molecule has 0 aromatic heterocycles. The molecule has 40 heavy (non-hydrogen) atoms. The summed E-state index contributed by atoms with van der Waals surface area (Å²) in [6, 6.07) is 7.87. The van der Waals surface area contributed by atoms with Crippen LogP contribution in [-0.2, 0) is 30.3 Å². The van der Waals surface area contributed by atoms with Crippen molar-refractivity contribution in [1.82, 2.24) is 16.0 Å². The van der Waals surface area contributed by atoms with Crippen LogP contribution in [0.5, 0.6) is 0 Å². The van der Waals surface area contributed by atoms with E-state index >= 15 is 0 Å². The molecular formula is C30H45N3O6S. The van der Waals surface area contributed by atoms with E-state index < -0.39 is 30.0 Å². The van der Waals surface area contributed by atoms with Crippen molar-refractivity contribution < 1.29 is 28.7 Å². The van der Waals surface area contributed by atoms with Crippen molar-refractivity contribution in [2.45, 2.75) is 77.8 Å². The first kappa shape index (κ1) is 33.3. The number of benzene rings is 1. The van der Waals surface area contributed by atoms with Gasteiger partial charge in [0.2, 0.25) is 11.8 Å². The molecule has 1 aromatic carbocycles. The standard InChI is InChI=1S/C30H45N3O6S/c1-5-24(34)16-22-11-12-23(22)17-27(35)26(15-21-9-7-6-8-10-21)32-28(36)18-31-29(37)25(13-14-40-4)33-30(38)39-19-20(2)3/h6-10,20,22-23,25-26H,5,11-19H2,1-4H3,(H,31,37)(H,32,36)(H,33,38). The molecule has 0 aliphatic heterocycles. The first-order chi connectivity index (χ1) is 19.1. The number of alkyl carbamates (subject to hydrolysis) is 1. The molecule has 3 N–H and O–H groups in total. The molecule has 4 atom stereocenters. The van der Waals surface area contributed by atoms with E-state index in [9.17, 15) is 24.0 Å². The molecule has 1 aliphatic carbocycles. The maximum absolute atomic E-state index is 13.3. The van der Waals surface area contributed by atoms with Gasteiger partial charge in [-0.05, 0) is 61.0 Å². The van der Waals surface area contributed by atoms with Crippen molar-refractivity contribution in [2.24, 2.45) is 17.8 Å². The second kappa shape index (κ2) is 17.7. The number of carbonyl (C=O) groups is 5. The van der Waals surface area contributed by atoms with Crippen LogP contribution in [0.4, 0.5) is 4.79 Å². The molecular weight excluding hydrogens is 530 g/mol. The van der Waals surface area contributed by atoms with E-state index in [1.165, 1.54) is 11.8 Å². The van der Waals surface area contributed by atoms with Gasteiger partial charge in [0.25, 0.3) is 0 Å². The molecule has 1 aromatic rings. The van der Waals surface area contributed by atoms with Gasteiger partial charge in [-0.15, -0.1) is 0 Å². The molecule has 1 aliphatic rings. The predicted molar refractivity (Wildman–Crippen MR) is 157 cm³/mol. The van der Waals surface area contributed by atoms with E-state index in [1.54, 1.807) is 0 Å². The summed E-state index contributed by atoms with van der Waals surface area (Å²) in [5.74, 6) is 0.329. The monoisotopic (exact) mass is 575 g/mol. The highest BCUT2D eigenvalue weighted by atomic mass is 32.2. The van der Waals surface area contributed by atoms with Crippen molar-refractivity contribution in [3.8, 4) is 0 Å². The zero-order valence-electron chi connectivity index (χ0n) is 24.2. The molecule has 0 spiro atoms. The quantitative estimate of drug-likeness (QED) is 0.243. The molecule has 2 rings (SSSR count). The van der Waals surface area contributed by atoms with E-state index in [0.29, 0.717) is 37.9 Å². The number of ketones is 2. The van der Waals surface area contributed by atoms with Gasteiger partial charge in [0, 0.05) is 19.3 Å². The van der Waals surface area contributed by atoms with Crippen molar-refractivity contribution in [3.63, 3.8) is 0 Å². The van der Waals surface area contributed by atoms with Crippen LogP contribution in [0.3, 0.4) is 0 Å². The van der Waals surface area contributed by atoms with Gasteiger partial charge >= 0.3 is 6.09 Å². The number of ether oxygens (including phenoxy) is 1. The van der Waals surface area contributed by atoms with Gasteiger partial charge in [-0.25, -0.2) is 4.79 Å². The number of hydrogen-bond acceptors (Lipinski definition) is 7. The van der Waals surface area contributed by atoms with Crippen LogP contribution in [-0.4, -0.2) is 66.7 Å². The molecule has 0 bridgehead atoms. The normalized spacial score (nSPS) is 17.7. The highest BCUT2D eigenvalue weighted by Crippen LogP contribution is 2.39. The van der Waals surface area contributed by atoms with Crippen molar-refractivity contribution in [2.75, 3.05) is 25.2 Å². The van der Waals surface area contributed by atoms with Gasteiger partial charge in [-0.3, -0.25) is 19.2 Å². The van der Waals surface area contributed by atoms with Crippen molar-refractivity contribution in [1.29, 1.82) is 0 Å². The fraction of sp³-hybridized carbons (Fsp3) is 0.633. The summed E-state index contributed by atoms with van der Waals surface area (Å²) in [6.45, 7) is 5.59. The Morgan fingerprint density at radius 3 is 2.25 bits per heavy atom. The first-order valence-electron chi connectivity index (χ1n) is 14.2. The minimum Gasteiger partial charge on any atom is -0.449 e. The lowest BCUT2D eigenvalue weighted by atomic mass is 9.68. The summed E-state index contributed by atoms with van der Waals surface area (Å²) < 4.78 is 5.13. The Bertz CT molecular complexity index is 987. The zero-order chi connectivity index (χ0) is 29.5. The fourth-order valence-corrected chi connectivity index (χ4v) is 5.05. The lowest BCUT2D eigenvalue weighted by Crippen LogP contribution is -2.51. The van der Waals surface area contributed by atoms with Crippen LogP contribution >= 0.6 is 11.8 Å². The van der Waals surface area contributed by atoms with E-state index in [-0.39, 0.29) is 42.5 Å². The third-order valence-corrected chi connectivity index (χ3v) is 7.76. The summed E-state index contributed by atoms with van der Waals surface area (Å²) in [4.78, 5) is 63.0.